The Morgan fingerprint density at radius 1 is 1.29 bits per heavy atom. The van der Waals surface area contributed by atoms with Crippen molar-refractivity contribution in [3.63, 3.8) is 0 Å². The van der Waals surface area contributed by atoms with Crippen LogP contribution in [0.25, 0.3) is 17.1 Å². The molecule has 5 heteroatoms. The number of nitrogen functional groups attached to an aromatic ring is 1. The molecule has 3 aromatic heterocycles. The van der Waals surface area contributed by atoms with Crippen LogP contribution in [0.3, 0.4) is 0 Å². The number of hydrogen-bond acceptors (Lipinski definition) is 3. The number of halogens is 1. The highest BCUT2D eigenvalue weighted by Crippen LogP contribution is 2.27. The maximum Gasteiger partial charge on any atom is 0.182 e. The summed E-state index contributed by atoms with van der Waals surface area (Å²) in [5.41, 5.74) is 7.22. The van der Waals surface area contributed by atoms with Crippen molar-refractivity contribution in [3.8, 4) is 11.6 Å². The Bertz CT molecular complexity index is 699. The zero-order valence-corrected chi connectivity index (χ0v) is 9.90. The molecule has 17 heavy (non-hydrogen) atoms. The fourth-order valence-corrected chi connectivity index (χ4v) is 2.03. The quantitative estimate of drug-likeness (QED) is 0.719. The van der Waals surface area contributed by atoms with Crippen molar-refractivity contribution in [1.29, 1.82) is 0 Å². The third-order valence-electron chi connectivity index (χ3n) is 2.58. The summed E-state index contributed by atoms with van der Waals surface area (Å²) in [7, 11) is 0. The fraction of sp³-hybridized carbons (Fsp3) is 0.0833. The molecular weight excluding hydrogens is 238 g/mol. The Morgan fingerprint density at radius 3 is 2.82 bits per heavy atom. The topological polar surface area (TPSA) is 56.5 Å². The van der Waals surface area contributed by atoms with E-state index in [1.807, 2.05) is 29.5 Å². The minimum Gasteiger partial charge on any atom is -0.458 e. The highest BCUT2D eigenvalue weighted by molar-refractivity contribution is 6.32. The summed E-state index contributed by atoms with van der Waals surface area (Å²) in [6, 6.07) is 7.38. The van der Waals surface area contributed by atoms with Crippen molar-refractivity contribution < 1.29 is 4.42 Å². The van der Waals surface area contributed by atoms with Gasteiger partial charge in [0.25, 0.3) is 0 Å². The number of aryl methyl sites for hydroxylation is 1. The molecule has 0 aliphatic carbocycles. The summed E-state index contributed by atoms with van der Waals surface area (Å²) < 4.78 is 7.38. The summed E-state index contributed by atoms with van der Waals surface area (Å²) in [4.78, 5) is 4.29. The number of hydrogen-bond donors (Lipinski definition) is 1. The van der Waals surface area contributed by atoms with E-state index in [1.165, 1.54) is 0 Å². The third-order valence-corrected chi connectivity index (χ3v) is 2.85. The number of pyridine rings is 1. The molecule has 0 spiro atoms. The van der Waals surface area contributed by atoms with Crippen LogP contribution in [-0.4, -0.2) is 9.38 Å². The van der Waals surface area contributed by atoms with E-state index in [-0.39, 0.29) is 0 Å². The van der Waals surface area contributed by atoms with Gasteiger partial charge in [0.15, 0.2) is 16.7 Å². The lowest BCUT2D eigenvalue weighted by Gasteiger charge is -1.99. The van der Waals surface area contributed by atoms with Gasteiger partial charge >= 0.3 is 0 Å². The molecule has 0 saturated heterocycles. The predicted octanol–water partition coefficient (Wildman–Crippen LogP) is 3.14. The molecule has 3 aromatic rings. The maximum absolute atomic E-state index is 6.07. The van der Waals surface area contributed by atoms with E-state index in [0.29, 0.717) is 22.4 Å². The van der Waals surface area contributed by atoms with Gasteiger partial charge in [-0.25, -0.2) is 4.98 Å². The summed E-state index contributed by atoms with van der Waals surface area (Å²) in [6.45, 7) is 1.88. The van der Waals surface area contributed by atoms with Gasteiger partial charge in [-0.2, -0.15) is 0 Å². The molecule has 0 atom stereocenters. The van der Waals surface area contributed by atoms with Gasteiger partial charge in [0.1, 0.15) is 5.76 Å². The standard InChI is InChI=1S/C12H10ClN3O/c1-7-2-5-10(17-7)12-15-11(13)9-4-3-8(14)6-16(9)12/h2-6H,14H2,1H3. The van der Waals surface area contributed by atoms with Crippen LogP contribution < -0.4 is 5.73 Å². The number of imidazole rings is 1. The fourth-order valence-electron chi connectivity index (χ4n) is 1.79. The minimum atomic E-state index is 0.439. The van der Waals surface area contributed by atoms with Gasteiger partial charge in [-0.15, -0.1) is 0 Å². The van der Waals surface area contributed by atoms with Crippen molar-refractivity contribution in [2.24, 2.45) is 0 Å². The van der Waals surface area contributed by atoms with Crippen molar-refractivity contribution >= 4 is 22.8 Å². The molecule has 0 aromatic carbocycles. The Morgan fingerprint density at radius 2 is 2.12 bits per heavy atom. The molecule has 2 N–H and O–H groups in total. The number of anilines is 1. The predicted molar refractivity (Wildman–Crippen MR) is 67.1 cm³/mol. The van der Waals surface area contributed by atoms with E-state index in [9.17, 15) is 0 Å². The number of rotatable bonds is 1. The molecule has 0 aliphatic heterocycles. The summed E-state index contributed by atoms with van der Waals surface area (Å²) >= 11 is 6.07. The first-order valence-corrected chi connectivity index (χ1v) is 5.53. The van der Waals surface area contributed by atoms with E-state index in [2.05, 4.69) is 4.98 Å². The third kappa shape index (κ3) is 1.57. The first-order valence-electron chi connectivity index (χ1n) is 5.15. The van der Waals surface area contributed by atoms with Crippen LogP contribution >= 0.6 is 11.6 Å². The molecule has 0 saturated carbocycles. The van der Waals surface area contributed by atoms with Crippen molar-refractivity contribution in [2.75, 3.05) is 5.73 Å². The SMILES string of the molecule is Cc1ccc(-c2nc(Cl)c3ccc(N)cn23)o1. The smallest absolute Gasteiger partial charge is 0.182 e. The molecule has 0 radical (unpaired) electrons. The Kier molecular flexibility index (Phi) is 2.12. The van der Waals surface area contributed by atoms with Crippen molar-refractivity contribution in [2.45, 2.75) is 6.92 Å². The zero-order chi connectivity index (χ0) is 12.0. The van der Waals surface area contributed by atoms with Gasteiger partial charge in [0, 0.05) is 11.9 Å². The highest BCUT2D eigenvalue weighted by atomic mass is 35.5. The lowest BCUT2D eigenvalue weighted by molar-refractivity contribution is 0.544. The second-order valence-electron chi connectivity index (χ2n) is 3.85. The summed E-state index contributed by atoms with van der Waals surface area (Å²) in [6.07, 6.45) is 1.78. The first kappa shape index (κ1) is 10.2. The van der Waals surface area contributed by atoms with Gasteiger partial charge in [0.05, 0.1) is 5.52 Å². The number of nitrogens with two attached hydrogens (primary N) is 1. The van der Waals surface area contributed by atoms with Gasteiger partial charge in [-0.05, 0) is 31.2 Å². The average Bonchev–Trinajstić information content (AvgIpc) is 2.83. The second kappa shape index (κ2) is 3.53. The van der Waals surface area contributed by atoms with Gasteiger partial charge < -0.3 is 10.2 Å². The number of aromatic nitrogens is 2. The molecule has 0 amide bonds. The average molecular weight is 248 g/mol. The first-order chi connectivity index (χ1) is 8.15. The van der Waals surface area contributed by atoms with E-state index in [1.54, 1.807) is 12.3 Å². The molecule has 4 nitrogen and oxygen atoms in total. The van der Waals surface area contributed by atoms with Crippen LogP contribution in [0, 0.1) is 6.92 Å². The van der Waals surface area contributed by atoms with E-state index in [0.717, 1.165) is 11.3 Å². The minimum absolute atomic E-state index is 0.439. The number of nitrogens with zero attached hydrogens (tertiary/aromatic N) is 2. The van der Waals surface area contributed by atoms with Gasteiger partial charge in [0.2, 0.25) is 0 Å². The van der Waals surface area contributed by atoms with Gasteiger partial charge in [-0.3, -0.25) is 4.40 Å². The highest BCUT2D eigenvalue weighted by Gasteiger charge is 2.13. The molecule has 0 aliphatic rings. The number of fused-ring (bicyclic) bond motifs is 1. The summed E-state index contributed by atoms with van der Waals surface area (Å²) in [5, 5.41) is 0.439. The lowest BCUT2D eigenvalue weighted by atomic mass is 10.3. The van der Waals surface area contributed by atoms with E-state index in [4.69, 9.17) is 21.8 Å². The van der Waals surface area contributed by atoms with Crippen LogP contribution in [-0.2, 0) is 0 Å². The van der Waals surface area contributed by atoms with Crippen LogP contribution in [0.5, 0.6) is 0 Å². The van der Waals surface area contributed by atoms with E-state index >= 15 is 0 Å². The molecule has 0 unspecified atom stereocenters. The zero-order valence-electron chi connectivity index (χ0n) is 9.14. The molecule has 3 rings (SSSR count). The Hall–Kier alpha value is -1.94. The monoisotopic (exact) mass is 247 g/mol. The molecular formula is C12H10ClN3O. The molecule has 3 heterocycles. The van der Waals surface area contributed by atoms with E-state index < -0.39 is 0 Å². The van der Waals surface area contributed by atoms with Crippen LogP contribution in [0.1, 0.15) is 5.76 Å². The van der Waals surface area contributed by atoms with Gasteiger partial charge in [-0.1, -0.05) is 11.6 Å². The summed E-state index contributed by atoms with van der Waals surface area (Å²) in [5.74, 6) is 2.16. The van der Waals surface area contributed by atoms with Crippen molar-refractivity contribution in [3.05, 3.63) is 41.4 Å². The second-order valence-corrected chi connectivity index (χ2v) is 4.21. The van der Waals surface area contributed by atoms with Crippen molar-refractivity contribution in [1.82, 2.24) is 9.38 Å². The molecule has 0 bridgehead atoms. The maximum atomic E-state index is 6.07. The lowest BCUT2D eigenvalue weighted by Crippen LogP contribution is -1.92. The normalized spacial score (nSPS) is 11.2. The molecule has 86 valence electrons. The molecule has 0 fully saturated rings. The Labute approximate surface area is 103 Å². The Balaban J connectivity index is 2.33. The largest absolute Gasteiger partial charge is 0.458 e. The van der Waals surface area contributed by atoms with Crippen LogP contribution in [0.4, 0.5) is 5.69 Å². The van der Waals surface area contributed by atoms with Crippen LogP contribution in [0.15, 0.2) is 34.9 Å². The van der Waals surface area contributed by atoms with Crippen LogP contribution in [0.2, 0.25) is 5.15 Å². The number of furan rings is 1.